The van der Waals surface area contributed by atoms with Crippen molar-refractivity contribution in [1.29, 1.82) is 0 Å². The van der Waals surface area contributed by atoms with Crippen LogP contribution in [0.4, 0.5) is 11.4 Å². The highest BCUT2D eigenvalue weighted by Gasteiger charge is 2.42. The molecule has 0 aromatic heterocycles. The molecular weight excluding hydrogens is 432 g/mol. The Morgan fingerprint density at radius 1 is 1.03 bits per heavy atom. The second-order valence-electron chi connectivity index (χ2n) is 8.23. The molecule has 0 amide bonds. The molecule has 0 radical (unpaired) electrons. The number of anilines is 1. The first kappa shape index (κ1) is 24.0. The summed E-state index contributed by atoms with van der Waals surface area (Å²) in [6.07, 6.45) is 8.73. The summed E-state index contributed by atoms with van der Waals surface area (Å²) in [5, 5.41) is 10.2. The number of rotatable bonds is 3. The van der Waals surface area contributed by atoms with Crippen LogP contribution in [-0.4, -0.2) is 29.0 Å². The van der Waals surface area contributed by atoms with Gasteiger partial charge in [-0.3, -0.25) is 0 Å². The van der Waals surface area contributed by atoms with Crippen molar-refractivity contribution in [2.45, 2.75) is 32.1 Å². The van der Waals surface area contributed by atoms with Gasteiger partial charge in [-0.2, -0.15) is 4.58 Å². The maximum atomic E-state index is 10.2. The molecule has 4 rings (SSSR count). The maximum Gasteiger partial charge on any atom is 0.209 e. The van der Waals surface area contributed by atoms with Crippen LogP contribution in [0.15, 0.2) is 72.5 Å². The largest absolute Gasteiger partial charge is 0.506 e. The number of hydrogen-bond donors (Lipinski definition) is 1. The Bertz CT molecular complexity index is 1060. The van der Waals surface area contributed by atoms with Crippen LogP contribution in [0.5, 0.6) is 5.75 Å². The molecule has 7 nitrogen and oxygen atoms in total. The molecule has 0 atom stereocenters. The van der Waals surface area contributed by atoms with Gasteiger partial charge in [0, 0.05) is 29.9 Å². The number of benzene rings is 2. The number of aromatic hydroxyl groups is 1. The van der Waals surface area contributed by atoms with Gasteiger partial charge >= 0.3 is 0 Å². The third-order valence-corrected chi connectivity index (χ3v) is 5.82. The zero-order valence-electron chi connectivity index (χ0n) is 18.3. The average Bonchev–Trinajstić information content (AvgIpc) is 3.24. The van der Waals surface area contributed by atoms with E-state index in [1.165, 1.54) is 22.7 Å². The van der Waals surface area contributed by atoms with Crippen LogP contribution in [0.3, 0.4) is 0 Å². The minimum atomic E-state index is -4.94. The van der Waals surface area contributed by atoms with Crippen molar-refractivity contribution in [2.75, 3.05) is 18.5 Å². The second kappa shape index (κ2) is 9.44. The fraction of sp³-hybridized carbons (Fsp3) is 0.292. The van der Waals surface area contributed by atoms with Crippen molar-refractivity contribution in [1.82, 2.24) is 0 Å². The summed E-state index contributed by atoms with van der Waals surface area (Å²) in [7, 11) is -2.80. The smallest absolute Gasteiger partial charge is 0.209 e. The van der Waals surface area contributed by atoms with E-state index in [9.17, 15) is 5.11 Å². The quantitative estimate of drug-likeness (QED) is 0.664. The highest BCUT2D eigenvalue weighted by molar-refractivity contribution is 6.03. The summed E-state index contributed by atoms with van der Waals surface area (Å²) in [5.74, 6) is 0.343. The summed E-state index contributed by atoms with van der Waals surface area (Å²) < 4.78 is 36.3. The first-order valence-corrected chi connectivity index (χ1v) is 11.5. The minimum absolute atomic E-state index is 0.00654. The van der Waals surface area contributed by atoms with E-state index in [0.717, 1.165) is 25.1 Å². The number of allylic oxidation sites excluding steroid dienone is 4. The van der Waals surface area contributed by atoms with E-state index in [-0.39, 0.29) is 5.41 Å². The van der Waals surface area contributed by atoms with Gasteiger partial charge in [-0.15, -0.1) is 10.2 Å². The summed E-state index contributed by atoms with van der Waals surface area (Å²) in [6, 6.07) is 16.2. The number of nitrogens with zero attached hydrogens (tertiary/aromatic N) is 2. The van der Waals surface area contributed by atoms with E-state index >= 15 is 0 Å². The van der Waals surface area contributed by atoms with Crippen LogP contribution in [0, 0.1) is 10.2 Å². The highest BCUT2D eigenvalue weighted by Crippen LogP contribution is 2.39. The molecule has 170 valence electrons. The molecule has 32 heavy (non-hydrogen) atoms. The van der Waals surface area contributed by atoms with Gasteiger partial charge in [0.25, 0.3) is 0 Å². The van der Waals surface area contributed by atoms with E-state index in [1.807, 2.05) is 18.2 Å². The average molecular weight is 459 g/mol. The van der Waals surface area contributed by atoms with Crippen molar-refractivity contribution in [2.24, 2.45) is 0 Å². The van der Waals surface area contributed by atoms with E-state index in [0.29, 0.717) is 5.75 Å². The normalized spacial score (nSPS) is 18.8. The van der Waals surface area contributed by atoms with Gasteiger partial charge in [0.1, 0.15) is 12.8 Å². The predicted octanol–water partition coefficient (Wildman–Crippen LogP) is 0.383. The predicted molar refractivity (Wildman–Crippen MR) is 112 cm³/mol. The van der Waals surface area contributed by atoms with Crippen molar-refractivity contribution < 1.29 is 38.6 Å². The van der Waals surface area contributed by atoms with Crippen molar-refractivity contribution in [3.8, 4) is 5.75 Å². The van der Waals surface area contributed by atoms with Gasteiger partial charge in [-0.25, -0.2) is 18.6 Å². The van der Waals surface area contributed by atoms with Crippen molar-refractivity contribution in [3.05, 3.63) is 78.0 Å². The molecule has 0 aliphatic carbocycles. The first-order valence-electron chi connectivity index (χ1n) is 10.3. The molecule has 2 aliphatic rings. The fourth-order valence-corrected chi connectivity index (χ4v) is 4.39. The molecule has 1 fully saturated rings. The standard InChI is InChI=1S/C24H26N2O.ClHO4/c1-24(2)19-12-4-5-13-20(19)25(3)23(24)16-8-10-18-11-9-17-26(18)21-14-6-7-15-22(21)27;2-1(3,4)5/h4-8,10,12-16H,9,11,17H2,1-3H3;(H,2,3,4,5). The maximum absolute atomic E-state index is 10.2. The Morgan fingerprint density at radius 3 is 2.31 bits per heavy atom. The van der Waals surface area contributed by atoms with E-state index in [4.69, 9.17) is 18.6 Å². The lowest BCUT2D eigenvalue weighted by atomic mass is 9.81. The lowest BCUT2D eigenvalue weighted by molar-refractivity contribution is -2.00. The molecular formula is C24H27ClN2O5. The SMILES string of the molecule is C[N+]1=C(/C=C/C=C2\CCCN2c2ccccc2O)C(C)(C)c2ccccc21.[O-][Cl+3]([O-])([O-])[O-]. The molecule has 2 aliphatic heterocycles. The van der Waals surface area contributed by atoms with E-state index < -0.39 is 10.2 Å². The van der Waals surface area contributed by atoms with Crippen LogP contribution in [0.25, 0.3) is 0 Å². The number of para-hydroxylation sites is 3. The molecule has 1 saturated heterocycles. The molecule has 2 aromatic rings. The fourth-order valence-electron chi connectivity index (χ4n) is 4.39. The number of phenols is 1. The summed E-state index contributed by atoms with van der Waals surface area (Å²) >= 11 is 0. The van der Waals surface area contributed by atoms with Crippen molar-refractivity contribution >= 4 is 17.1 Å². The van der Waals surface area contributed by atoms with Gasteiger partial charge in [-0.1, -0.05) is 36.4 Å². The molecule has 0 saturated carbocycles. The third-order valence-electron chi connectivity index (χ3n) is 5.82. The Kier molecular flexibility index (Phi) is 7.07. The van der Waals surface area contributed by atoms with E-state index in [2.05, 4.69) is 72.9 Å². The van der Waals surface area contributed by atoms with Crippen LogP contribution >= 0.6 is 0 Å². The summed E-state index contributed by atoms with van der Waals surface area (Å²) in [6.45, 7) is 5.52. The molecule has 0 bridgehead atoms. The van der Waals surface area contributed by atoms with Gasteiger partial charge in [-0.05, 0) is 44.9 Å². The Hall–Kier alpha value is -2.68. The number of fused-ring (bicyclic) bond motifs is 1. The second-order valence-corrected chi connectivity index (χ2v) is 8.98. The number of hydrogen-bond acceptors (Lipinski definition) is 6. The zero-order valence-corrected chi connectivity index (χ0v) is 19.1. The van der Waals surface area contributed by atoms with Crippen LogP contribution in [-0.2, 0) is 5.41 Å². The highest BCUT2D eigenvalue weighted by atomic mass is 35.7. The Morgan fingerprint density at radius 2 is 1.66 bits per heavy atom. The number of phenolic OH excluding ortho intramolecular Hbond substituents is 1. The topological polar surface area (TPSA) is 119 Å². The van der Waals surface area contributed by atoms with Gasteiger partial charge in [0.2, 0.25) is 5.69 Å². The Labute approximate surface area is 190 Å². The molecule has 0 unspecified atom stereocenters. The van der Waals surface area contributed by atoms with E-state index in [1.54, 1.807) is 6.07 Å². The number of halogens is 1. The summed E-state index contributed by atoms with van der Waals surface area (Å²) in [5.41, 5.74) is 6.10. The molecule has 2 aromatic carbocycles. The van der Waals surface area contributed by atoms with Gasteiger partial charge in [0.05, 0.1) is 11.1 Å². The molecule has 2 heterocycles. The molecule has 0 spiro atoms. The van der Waals surface area contributed by atoms with Crippen LogP contribution in [0.2, 0.25) is 0 Å². The van der Waals surface area contributed by atoms with Crippen molar-refractivity contribution in [3.63, 3.8) is 0 Å². The summed E-state index contributed by atoms with van der Waals surface area (Å²) in [4.78, 5) is 2.22. The Balaban J connectivity index is 0.000000523. The molecule has 1 N–H and O–H groups in total. The van der Waals surface area contributed by atoms with Crippen LogP contribution in [0.1, 0.15) is 32.3 Å². The zero-order chi connectivity index (χ0) is 23.5. The first-order chi connectivity index (χ1) is 15.0. The lowest BCUT2D eigenvalue weighted by Crippen LogP contribution is -2.68. The van der Waals surface area contributed by atoms with Gasteiger partial charge in [0.15, 0.2) is 5.71 Å². The van der Waals surface area contributed by atoms with Crippen LogP contribution < -0.4 is 23.5 Å². The minimum Gasteiger partial charge on any atom is -0.506 e. The third kappa shape index (κ3) is 5.38. The molecule has 8 heteroatoms. The monoisotopic (exact) mass is 458 g/mol. The lowest BCUT2D eigenvalue weighted by Gasteiger charge is -2.21. The van der Waals surface area contributed by atoms with Gasteiger partial charge < -0.3 is 10.0 Å².